The summed E-state index contributed by atoms with van der Waals surface area (Å²) in [6.45, 7) is 0. The fourth-order valence-corrected chi connectivity index (χ4v) is 4.15. The van der Waals surface area contributed by atoms with Crippen LogP contribution in [0.1, 0.15) is 0 Å². The van der Waals surface area contributed by atoms with E-state index < -0.39 is 0 Å². The lowest BCUT2D eigenvalue weighted by atomic mass is 10.0. The van der Waals surface area contributed by atoms with Crippen LogP contribution in [0.2, 0.25) is 0 Å². The van der Waals surface area contributed by atoms with E-state index in [9.17, 15) is 0 Å². The third-order valence-electron chi connectivity index (χ3n) is 5.78. The molecular formula is C26H23N3O. The highest BCUT2D eigenvalue weighted by Crippen LogP contribution is 2.49. The standard InChI is InChI=1S/C26H23N3O/c1-28-23-8-4-5-9-24(23)29(2)26-21(7-6-10-25(26)28)22-16-13-19(17-27-22)18-11-14-20(30-3)15-12-18/h4-17H,1-3H3. The van der Waals surface area contributed by atoms with Gasteiger partial charge in [-0.25, -0.2) is 0 Å². The Morgan fingerprint density at radius 1 is 0.667 bits per heavy atom. The average Bonchev–Trinajstić information content (AvgIpc) is 2.82. The molecule has 4 nitrogen and oxygen atoms in total. The molecule has 0 N–H and O–H groups in total. The molecule has 0 spiro atoms. The maximum atomic E-state index is 5.25. The summed E-state index contributed by atoms with van der Waals surface area (Å²) in [6.07, 6.45) is 1.94. The zero-order chi connectivity index (χ0) is 20.7. The second-order valence-corrected chi connectivity index (χ2v) is 7.44. The number of methoxy groups -OCH3 is 1. The Bertz CT molecular complexity index is 1200. The number of fused-ring (bicyclic) bond motifs is 2. The number of nitrogens with zero attached hydrogens (tertiary/aromatic N) is 3. The summed E-state index contributed by atoms with van der Waals surface area (Å²) in [5.74, 6) is 0.853. The largest absolute Gasteiger partial charge is 0.497 e. The third kappa shape index (κ3) is 2.89. The summed E-state index contributed by atoms with van der Waals surface area (Å²) < 4.78 is 5.25. The van der Waals surface area contributed by atoms with Crippen molar-refractivity contribution in [2.24, 2.45) is 0 Å². The van der Waals surface area contributed by atoms with Crippen molar-refractivity contribution in [3.05, 3.63) is 85.1 Å². The van der Waals surface area contributed by atoms with Crippen LogP contribution < -0.4 is 14.5 Å². The molecule has 0 aliphatic carbocycles. The van der Waals surface area contributed by atoms with Gasteiger partial charge in [-0.2, -0.15) is 0 Å². The minimum absolute atomic E-state index is 0.853. The predicted octanol–water partition coefficient (Wildman–Crippen LogP) is 6.27. The number of benzene rings is 3. The van der Waals surface area contributed by atoms with Crippen molar-refractivity contribution in [2.75, 3.05) is 31.0 Å². The number of hydrogen-bond donors (Lipinski definition) is 0. The van der Waals surface area contributed by atoms with E-state index in [0.717, 1.165) is 28.1 Å². The van der Waals surface area contributed by atoms with Crippen LogP contribution in [0.25, 0.3) is 22.4 Å². The van der Waals surface area contributed by atoms with Crippen LogP contribution in [0, 0.1) is 0 Å². The Morgan fingerprint density at radius 2 is 1.33 bits per heavy atom. The van der Waals surface area contributed by atoms with Crippen LogP contribution in [-0.2, 0) is 0 Å². The first-order valence-corrected chi connectivity index (χ1v) is 9.98. The van der Waals surface area contributed by atoms with Gasteiger partial charge in [0, 0.05) is 31.4 Å². The van der Waals surface area contributed by atoms with Crippen molar-refractivity contribution in [1.82, 2.24) is 4.98 Å². The van der Waals surface area contributed by atoms with Gasteiger partial charge in [-0.3, -0.25) is 4.98 Å². The zero-order valence-electron chi connectivity index (χ0n) is 17.3. The lowest BCUT2D eigenvalue weighted by Gasteiger charge is -2.37. The second-order valence-electron chi connectivity index (χ2n) is 7.44. The molecule has 0 bridgehead atoms. The van der Waals surface area contributed by atoms with E-state index in [2.05, 4.69) is 90.6 Å². The monoisotopic (exact) mass is 393 g/mol. The molecule has 0 radical (unpaired) electrons. The fraction of sp³-hybridized carbons (Fsp3) is 0.115. The fourth-order valence-electron chi connectivity index (χ4n) is 4.15. The predicted molar refractivity (Wildman–Crippen MR) is 124 cm³/mol. The lowest BCUT2D eigenvalue weighted by molar-refractivity contribution is 0.415. The smallest absolute Gasteiger partial charge is 0.118 e. The van der Waals surface area contributed by atoms with Crippen molar-refractivity contribution in [3.8, 4) is 28.1 Å². The van der Waals surface area contributed by atoms with Crippen molar-refractivity contribution < 1.29 is 4.74 Å². The van der Waals surface area contributed by atoms with E-state index in [0.29, 0.717) is 0 Å². The highest BCUT2D eigenvalue weighted by atomic mass is 16.5. The molecule has 4 heteroatoms. The molecule has 2 heterocycles. The van der Waals surface area contributed by atoms with Gasteiger partial charge in [-0.1, -0.05) is 42.5 Å². The van der Waals surface area contributed by atoms with Gasteiger partial charge >= 0.3 is 0 Å². The number of rotatable bonds is 3. The summed E-state index contributed by atoms with van der Waals surface area (Å²) in [4.78, 5) is 9.33. The van der Waals surface area contributed by atoms with Crippen LogP contribution in [0.15, 0.2) is 85.1 Å². The topological polar surface area (TPSA) is 28.6 Å². The minimum atomic E-state index is 0.853. The summed E-state index contributed by atoms with van der Waals surface area (Å²) in [5, 5.41) is 0. The van der Waals surface area contributed by atoms with Crippen LogP contribution in [0.5, 0.6) is 5.75 Å². The second kappa shape index (κ2) is 7.23. The Balaban J connectivity index is 1.56. The maximum Gasteiger partial charge on any atom is 0.118 e. The lowest BCUT2D eigenvalue weighted by Crippen LogP contribution is -2.24. The molecule has 0 fully saturated rings. The molecule has 4 aromatic rings. The first kappa shape index (κ1) is 18.3. The van der Waals surface area contributed by atoms with Crippen LogP contribution >= 0.6 is 0 Å². The number of pyridine rings is 1. The van der Waals surface area contributed by atoms with Gasteiger partial charge in [0.15, 0.2) is 0 Å². The molecule has 0 saturated carbocycles. The number of aromatic nitrogens is 1. The first-order valence-electron chi connectivity index (χ1n) is 9.98. The molecule has 5 rings (SSSR count). The van der Waals surface area contributed by atoms with Crippen molar-refractivity contribution in [1.29, 1.82) is 0 Å². The molecular weight excluding hydrogens is 370 g/mol. The average molecular weight is 393 g/mol. The number of para-hydroxylation sites is 3. The molecule has 0 unspecified atom stereocenters. The molecule has 0 atom stereocenters. The molecule has 30 heavy (non-hydrogen) atoms. The van der Waals surface area contributed by atoms with Gasteiger partial charge in [-0.15, -0.1) is 0 Å². The van der Waals surface area contributed by atoms with Gasteiger partial charge in [0.05, 0.1) is 35.6 Å². The van der Waals surface area contributed by atoms with Crippen molar-refractivity contribution in [3.63, 3.8) is 0 Å². The number of ether oxygens (including phenoxy) is 1. The summed E-state index contributed by atoms with van der Waals surface area (Å²) in [6, 6.07) is 27.2. The molecule has 1 aliphatic heterocycles. The van der Waals surface area contributed by atoms with Gasteiger partial charge in [-0.05, 0) is 42.0 Å². The zero-order valence-corrected chi connectivity index (χ0v) is 17.3. The molecule has 0 amide bonds. The summed E-state index contributed by atoms with van der Waals surface area (Å²) in [7, 11) is 5.92. The van der Waals surface area contributed by atoms with Crippen molar-refractivity contribution >= 4 is 22.7 Å². The maximum absolute atomic E-state index is 5.25. The summed E-state index contributed by atoms with van der Waals surface area (Å²) in [5.41, 5.74) is 9.03. The van der Waals surface area contributed by atoms with Crippen LogP contribution in [0.3, 0.4) is 0 Å². The number of anilines is 4. The van der Waals surface area contributed by atoms with Crippen molar-refractivity contribution in [2.45, 2.75) is 0 Å². The SMILES string of the molecule is COc1ccc(-c2ccc(-c3cccc4c3N(C)c3ccccc3N4C)nc2)cc1. The minimum Gasteiger partial charge on any atom is -0.497 e. The van der Waals surface area contributed by atoms with Gasteiger partial charge in [0.25, 0.3) is 0 Å². The highest BCUT2D eigenvalue weighted by molar-refractivity contribution is 5.99. The van der Waals surface area contributed by atoms with Gasteiger partial charge < -0.3 is 14.5 Å². The molecule has 148 valence electrons. The first-order chi connectivity index (χ1) is 14.7. The van der Waals surface area contributed by atoms with E-state index in [-0.39, 0.29) is 0 Å². The summed E-state index contributed by atoms with van der Waals surface area (Å²) >= 11 is 0. The van der Waals surface area contributed by atoms with Crippen LogP contribution in [0.4, 0.5) is 22.7 Å². The highest BCUT2D eigenvalue weighted by Gasteiger charge is 2.26. The molecule has 1 aromatic heterocycles. The van der Waals surface area contributed by atoms with Crippen LogP contribution in [-0.4, -0.2) is 26.2 Å². The Kier molecular flexibility index (Phi) is 4.40. The Hall–Kier alpha value is -3.79. The van der Waals surface area contributed by atoms with E-state index in [1.807, 2.05) is 18.3 Å². The third-order valence-corrected chi connectivity index (χ3v) is 5.78. The normalized spacial score (nSPS) is 12.4. The molecule has 3 aromatic carbocycles. The Morgan fingerprint density at radius 3 is 2.00 bits per heavy atom. The Labute approximate surface area is 177 Å². The number of hydrogen-bond acceptors (Lipinski definition) is 4. The van der Waals surface area contributed by atoms with Gasteiger partial charge in [0.2, 0.25) is 0 Å². The van der Waals surface area contributed by atoms with E-state index >= 15 is 0 Å². The van der Waals surface area contributed by atoms with E-state index in [4.69, 9.17) is 9.72 Å². The van der Waals surface area contributed by atoms with E-state index in [1.54, 1.807) is 7.11 Å². The van der Waals surface area contributed by atoms with Gasteiger partial charge in [0.1, 0.15) is 5.75 Å². The van der Waals surface area contributed by atoms with E-state index in [1.165, 1.54) is 22.7 Å². The molecule has 0 saturated heterocycles. The molecule has 1 aliphatic rings. The quantitative estimate of drug-likeness (QED) is 0.410.